The molecule has 0 N–H and O–H groups in total. The second-order valence-corrected chi connectivity index (χ2v) is 6.29. The Balaban J connectivity index is 2.56. The second kappa shape index (κ2) is 9.72. The first-order valence-corrected chi connectivity index (χ1v) is 9.15. The Labute approximate surface area is 160 Å². The monoisotopic (exact) mass is 366 g/mol. The number of ether oxygens (including phenoxy) is 2. The molecule has 0 amide bonds. The van der Waals surface area contributed by atoms with Crippen molar-refractivity contribution in [3.8, 4) is 0 Å². The van der Waals surface area contributed by atoms with Crippen molar-refractivity contribution in [2.24, 2.45) is 5.92 Å². The fourth-order valence-electron chi connectivity index (χ4n) is 2.69. The second-order valence-electron chi connectivity index (χ2n) is 6.29. The van der Waals surface area contributed by atoms with E-state index in [1.807, 2.05) is 62.4 Å². The minimum Gasteiger partial charge on any atom is -0.465 e. The van der Waals surface area contributed by atoms with Gasteiger partial charge in [0.2, 0.25) is 0 Å². The van der Waals surface area contributed by atoms with E-state index in [2.05, 4.69) is 0 Å². The molecule has 0 aliphatic carbocycles. The zero-order valence-electron chi connectivity index (χ0n) is 16.3. The van der Waals surface area contributed by atoms with Crippen LogP contribution in [0.3, 0.4) is 0 Å². The Morgan fingerprint density at radius 2 is 1.15 bits per heavy atom. The zero-order valence-corrected chi connectivity index (χ0v) is 16.3. The van der Waals surface area contributed by atoms with Crippen LogP contribution in [0, 0.1) is 19.8 Å². The van der Waals surface area contributed by atoms with Gasteiger partial charge in [0, 0.05) is 0 Å². The lowest BCUT2D eigenvalue weighted by Gasteiger charge is -2.15. The number of benzene rings is 2. The van der Waals surface area contributed by atoms with Crippen molar-refractivity contribution in [2.45, 2.75) is 27.7 Å². The normalized spacial score (nSPS) is 10.4. The predicted molar refractivity (Wildman–Crippen MR) is 106 cm³/mol. The molecular weight excluding hydrogens is 340 g/mol. The SMILES string of the molecule is CCOC(=O)C(C=C(c1ccc(C)cc1)c1ccc(C)cc1)C(=O)OCC. The van der Waals surface area contributed by atoms with Crippen molar-refractivity contribution in [1.82, 2.24) is 0 Å². The Bertz CT molecular complexity index is 736. The summed E-state index contributed by atoms with van der Waals surface area (Å²) >= 11 is 0. The van der Waals surface area contributed by atoms with E-state index in [0.717, 1.165) is 27.8 Å². The number of hydrogen-bond acceptors (Lipinski definition) is 4. The smallest absolute Gasteiger partial charge is 0.324 e. The van der Waals surface area contributed by atoms with E-state index in [0.29, 0.717) is 0 Å². The van der Waals surface area contributed by atoms with Gasteiger partial charge < -0.3 is 9.47 Å². The number of hydrogen-bond donors (Lipinski definition) is 0. The summed E-state index contributed by atoms with van der Waals surface area (Å²) in [6.07, 6.45) is 1.64. The van der Waals surface area contributed by atoms with Gasteiger partial charge >= 0.3 is 11.9 Å². The quantitative estimate of drug-likeness (QED) is 0.536. The molecule has 2 aromatic rings. The number of esters is 2. The van der Waals surface area contributed by atoms with E-state index in [1.165, 1.54) is 0 Å². The molecule has 142 valence electrons. The number of rotatable bonds is 7. The topological polar surface area (TPSA) is 52.6 Å². The molecule has 0 aliphatic rings. The van der Waals surface area contributed by atoms with Crippen LogP contribution in [0.15, 0.2) is 54.6 Å². The molecule has 0 fully saturated rings. The van der Waals surface area contributed by atoms with Crippen LogP contribution in [0.25, 0.3) is 5.57 Å². The summed E-state index contributed by atoms with van der Waals surface area (Å²) in [5.41, 5.74) is 4.90. The van der Waals surface area contributed by atoms with Crippen molar-refractivity contribution in [3.63, 3.8) is 0 Å². The van der Waals surface area contributed by atoms with Crippen LogP contribution >= 0.6 is 0 Å². The number of carbonyl (C=O) groups excluding carboxylic acids is 2. The molecule has 0 bridgehead atoms. The maximum absolute atomic E-state index is 12.4. The highest BCUT2D eigenvalue weighted by Crippen LogP contribution is 2.27. The molecule has 4 heteroatoms. The van der Waals surface area contributed by atoms with Gasteiger partial charge in [-0.15, -0.1) is 0 Å². The summed E-state index contributed by atoms with van der Waals surface area (Å²) < 4.78 is 10.2. The lowest BCUT2D eigenvalue weighted by molar-refractivity contribution is -0.158. The van der Waals surface area contributed by atoms with Crippen molar-refractivity contribution in [2.75, 3.05) is 13.2 Å². The zero-order chi connectivity index (χ0) is 19.8. The molecule has 2 aromatic carbocycles. The highest BCUT2D eigenvalue weighted by atomic mass is 16.6. The molecule has 0 aliphatic heterocycles. The summed E-state index contributed by atoms with van der Waals surface area (Å²) in [5, 5.41) is 0. The molecule has 0 heterocycles. The van der Waals surface area contributed by atoms with Crippen molar-refractivity contribution in [3.05, 3.63) is 76.9 Å². The molecular formula is C23H26O4. The standard InChI is InChI=1S/C23H26O4/c1-5-26-22(24)21(23(25)27-6-2)15-20(18-11-7-16(3)8-12-18)19-13-9-17(4)10-14-19/h7-15,21H,5-6H2,1-4H3. The van der Waals surface area contributed by atoms with Gasteiger partial charge in [0.05, 0.1) is 13.2 Å². The van der Waals surface area contributed by atoms with Crippen molar-refractivity contribution < 1.29 is 19.1 Å². The van der Waals surface area contributed by atoms with E-state index in [4.69, 9.17) is 9.47 Å². The third-order valence-corrected chi connectivity index (χ3v) is 4.14. The van der Waals surface area contributed by atoms with Crippen molar-refractivity contribution in [1.29, 1.82) is 0 Å². The van der Waals surface area contributed by atoms with Crippen LogP contribution in [0.1, 0.15) is 36.1 Å². The van der Waals surface area contributed by atoms with E-state index < -0.39 is 17.9 Å². The first-order valence-electron chi connectivity index (χ1n) is 9.15. The Morgan fingerprint density at radius 3 is 1.48 bits per heavy atom. The molecule has 0 spiro atoms. The Kier molecular flexibility index (Phi) is 7.35. The van der Waals surface area contributed by atoms with Crippen LogP contribution < -0.4 is 0 Å². The van der Waals surface area contributed by atoms with Gasteiger partial charge in [-0.3, -0.25) is 9.59 Å². The molecule has 0 radical (unpaired) electrons. The van der Waals surface area contributed by atoms with Gasteiger partial charge in [-0.25, -0.2) is 0 Å². The van der Waals surface area contributed by atoms with Crippen LogP contribution in [0.2, 0.25) is 0 Å². The first kappa shape index (κ1) is 20.4. The summed E-state index contributed by atoms with van der Waals surface area (Å²) in [7, 11) is 0. The molecule has 2 rings (SSSR count). The van der Waals surface area contributed by atoms with Gasteiger partial charge in [0.1, 0.15) is 0 Å². The Morgan fingerprint density at radius 1 is 0.778 bits per heavy atom. The van der Waals surface area contributed by atoms with Crippen LogP contribution in [0.5, 0.6) is 0 Å². The molecule has 0 saturated heterocycles. The predicted octanol–water partition coefficient (Wildman–Crippen LogP) is 4.48. The van der Waals surface area contributed by atoms with E-state index in [1.54, 1.807) is 19.9 Å². The maximum atomic E-state index is 12.4. The molecule has 0 atom stereocenters. The minimum atomic E-state index is -1.11. The van der Waals surface area contributed by atoms with Crippen LogP contribution in [-0.2, 0) is 19.1 Å². The van der Waals surface area contributed by atoms with Gasteiger partial charge in [0.15, 0.2) is 5.92 Å². The largest absolute Gasteiger partial charge is 0.465 e. The van der Waals surface area contributed by atoms with E-state index >= 15 is 0 Å². The Hall–Kier alpha value is -2.88. The van der Waals surface area contributed by atoms with Crippen LogP contribution in [0.4, 0.5) is 0 Å². The fourth-order valence-corrected chi connectivity index (χ4v) is 2.69. The van der Waals surface area contributed by atoms with Gasteiger partial charge in [-0.05, 0) is 44.4 Å². The lowest BCUT2D eigenvalue weighted by Crippen LogP contribution is -2.27. The molecule has 0 unspecified atom stereocenters. The lowest BCUT2D eigenvalue weighted by atomic mass is 9.92. The van der Waals surface area contributed by atoms with E-state index in [9.17, 15) is 9.59 Å². The first-order chi connectivity index (χ1) is 13.0. The molecule has 0 saturated carbocycles. The van der Waals surface area contributed by atoms with E-state index in [-0.39, 0.29) is 13.2 Å². The van der Waals surface area contributed by atoms with Gasteiger partial charge in [-0.2, -0.15) is 0 Å². The minimum absolute atomic E-state index is 0.201. The number of aryl methyl sites for hydroxylation is 2. The maximum Gasteiger partial charge on any atom is 0.324 e. The third kappa shape index (κ3) is 5.55. The van der Waals surface area contributed by atoms with Gasteiger partial charge in [0.25, 0.3) is 0 Å². The molecule has 27 heavy (non-hydrogen) atoms. The van der Waals surface area contributed by atoms with Crippen LogP contribution in [-0.4, -0.2) is 25.2 Å². The summed E-state index contributed by atoms with van der Waals surface area (Å²) in [6, 6.07) is 15.9. The average Bonchev–Trinajstić information content (AvgIpc) is 2.65. The number of carbonyl (C=O) groups is 2. The fraction of sp³-hybridized carbons (Fsp3) is 0.304. The highest BCUT2D eigenvalue weighted by molar-refractivity contribution is 5.99. The van der Waals surface area contributed by atoms with Crippen molar-refractivity contribution >= 4 is 17.5 Å². The molecule has 4 nitrogen and oxygen atoms in total. The third-order valence-electron chi connectivity index (χ3n) is 4.14. The van der Waals surface area contributed by atoms with Gasteiger partial charge in [-0.1, -0.05) is 65.7 Å². The highest BCUT2D eigenvalue weighted by Gasteiger charge is 2.28. The summed E-state index contributed by atoms with van der Waals surface area (Å²) in [5.74, 6) is -2.32. The average molecular weight is 366 g/mol. The summed E-state index contributed by atoms with van der Waals surface area (Å²) in [4.78, 5) is 24.8. The molecule has 0 aromatic heterocycles. The summed E-state index contributed by atoms with van der Waals surface area (Å²) in [6.45, 7) is 7.85.